The molecule has 0 unspecified atom stereocenters. The molecule has 1 N–H and O–H groups in total. The predicted octanol–water partition coefficient (Wildman–Crippen LogP) is 4.37. The Morgan fingerprint density at radius 3 is 1.87 bits per heavy atom. The Morgan fingerprint density at radius 2 is 1.35 bits per heavy atom. The number of carbonyl (C=O) groups is 1. The van der Waals surface area contributed by atoms with Gasteiger partial charge in [0.05, 0.1) is 18.7 Å². The molecule has 4 rings (SSSR count). The summed E-state index contributed by atoms with van der Waals surface area (Å²) >= 11 is 0. The minimum absolute atomic E-state index is 0.231. The molecule has 0 saturated heterocycles. The van der Waals surface area contributed by atoms with E-state index in [1.54, 1.807) is 0 Å². The summed E-state index contributed by atoms with van der Waals surface area (Å²) in [5.74, 6) is -0.103. The van der Waals surface area contributed by atoms with Crippen LogP contribution in [0.5, 0.6) is 5.75 Å². The molecule has 0 atom stereocenters. The maximum Gasteiger partial charge on any atom is 0.258 e. The van der Waals surface area contributed by atoms with Crippen LogP contribution < -0.4 is 15.6 Å². The maximum absolute atomic E-state index is 13.4. The van der Waals surface area contributed by atoms with Gasteiger partial charge in [0.15, 0.2) is 0 Å². The molecule has 4 aromatic rings. The zero-order chi connectivity index (χ0) is 21.6. The lowest BCUT2D eigenvalue weighted by atomic mass is 9.98. The lowest BCUT2D eigenvalue weighted by Crippen LogP contribution is -2.31. The van der Waals surface area contributed by atoms with Crippen molar-refractivity contribution in [2.24, 2.45) is 0 Å². The maximum atomic E-state index is 13.4. The number of pyridine rings is 1. The normalized spacial score (nSPS) is 10.6. The molecule has 3 aromatic carbocycles. The molecule has 0 radical (unpaired) electrons. The van der Waals surface area contributed by atoms with Crippen molar-refractivity contribution in [3.8, 4) is 11.4 Å². The fourth-order valence-electron chi connectivity index (χ4n) is 3.50. The second-order valence-electron chi connectivity index (χ2n) is 7.03. The average molecular weight is 410 g/mol. The molecule has 1 amide bonds. The number of amides is 1. The lowest BCUT2D eigenvalue weighted by molar-refractivity contribution is 0.0939. The van der Waals surface area contributed by atoms with Crippen molar-refractivity contribution in [3.05, 3.63) is 130 Å². The molecular weight excluding hydrogens is 388 g/mol. The van der Waals surface area contributed by atoms with Crippen LogP contribution in [0.2, 0.25) is 0 Å². The van der Waals surface area contributed by atoms with Gasteiger partial charge in [-0.3, -0.25) is 14.2 Å². The molecule has 0 bridgehead atoms. The quantitative estimate of drug-likeness (QED) is 0.514. The van der Waals surface area contributed by atoms with E-state index in [1.165, 1.54) is 23.9 Å². The van der Waals surface area contributed by atoms with Gasteiger partial charge < -0.3 is 10.1 Å². The van der Waals surface area contributed by atoms with Crippen molar-refractivity contribution in [1.29, 1.82) is 0 Å². The zero-order valence-electron chi connectivity index (χ0n) is 17.1. The molecule has 0 saturated carbocycles. The topological polar surface area (TPSA) is 60.3 Å². The zero-order valence-corrected chi connectivity index (χ0v) is 17.1. The third-order valence-electron chi connectivity index (χ3n) is 5.06. The number of nitrogens with one attached hydrogen (secondary N) is 1. The van der Waals surface area contributed by atoms with Crippen molar-refractivity contribution in [3.63, 3.8) is 0 Å². The average Bonchev–Trinajstić information content (AvgIpc) is 2.83. The number of hydrogen-bond donors (Lipinski definition) is 1. The van der Waals surface area contributed by atoms with E-state index in [0.29, 0.717) is 5.69 Å². The monoisotopic (exact) mass is 410 g/mol. The number of rotatable bonds is 6. The molecule has 0 aliphatic carbocycles. The Kier molecular flexibility index (Phi) is 5.94. The van der Waals surface area contributed by atoms with Crippen LogP contribution >= 0.6 is 0 Å². The number of hydrogen-bond acceptors (Lipinski definition) is 3. The van der Waals surface area contributed by atoms with Gasteiger partial charge in [0.2, 0.25) is 0 Å². The summed E-state index contributed by atoms with van der Waals surface area (Å²) in [6.07, 6.45) is 1.53. The summed E-state index contributed by atoms with van der Waals surface area (Å²) < 4.78 is 6.80. The van der Waals surface area contributed by atoms with Gasteiger partial charge in [-0.05, 0) is 23.3 Å². The van der Waals surface area contributed by atoms with E-state index >= 15 is 0 Å². The fourth-order valence-corrected chi connectivity index (χ4v) is 3.50. The Balaban J connectivity index is 1.75. The van der Waals surface area contributed by atoms with Gasteiger partial charge in [0.1, 0.15) is 5.75 Å². The van der Waals surface area contributed by atoms with Gasteiger partial charge in [-0.25, -0.2) is 0 Å². The Morgan fingerprint density at radius 1 is 0.839 bits per heavy atom. The predicted molar refractivity (Wildman–Crippen MR) is 121 cm³/mol. The highest BCUT2D eigenvalue weighted by atomic mass is 16.5. The molecule has 154 valence electrons. The number of methoxy groups -OCH3 is 1. The SMILES string of the molecule is COc1cc(=O)n(-c2ccccc2)cc1C(=O)NC(c1ccccc1)c1ccccc1. The van der Waals surface area contributed by atoms with E-state index in [2.05, 4.69) is 5.32 Å². The first-order chi connectivity index (χ1) is 15.2. The first-order valence-electron chi connectivity index (χ1n) is 9.94. The van der Waals surface area contributed by atoms with E-state index in [9.17, 15) is 9.59 Å². The van der Waals surface area contributed by atoms with Gasteiger partial charge in [0.25, 0.3) is 11.5 Å². The van der Waals surface area contributed by atoms with Crippen molar-refractivity contribution in [2.75, 3.05) is 7.11 Å². The first kappa shape index (κ1) is 20.2. The number of para-hydroxylation sites is 1. The molecule has 1 heterocycles. The molecule has 0 aliphatic heterocycles. The van der Waals surface area contributed by atoms with E-state index in [0.717, 1.165) is 11.1 Å². The Bertz CT molecular complexity index is 1180. The van der Waals surface area contributed by atoms with Gasteiger partial charge in [-0.1, -0.05) is 78.9 Å². The summed E-state index contributed by atoms with van der Waals surface area (Å²) in [6.45, 7) is 0. The second-order valence-corrected chi connectivity index (χ2v) is 7.03. The Hall–Kier alpha value is -4.12. The van der Waals surface area contributed by atoms with Crippen molar-refractivity contribution in [1.82, 2.24) is 9.88 Å². The number of carbonyl (C=O) groups excluding carboxylic acids is 1. The van der Waals surface area contributed by atoms with Crippen molar-refractivity contribution in [2.45, 2.75) is 6.04 Å². The molecule has 31 heavy (non-hydrogen) atoms. The van der Waals surface area contributed by atoms with Gasteiger partial charge in [-0.2, -0.15) is 0 Å². The van der Waals surface area contributed by atoms with Crippen LogP contribution in [0.25, 0.3) is 5.69 Å². The number of ether oxygens (including phenoxy) is 1. The smallest absolute Gasteiger partial charge is 0.258 e. The van der Waals surface area contributed by atoms with Crippen LogP contribution in [0.3, 0.4) is 0 Å². The highest BCUT2D eigenvalue weighted by Gasteiger charge is 2.21. The van der Waals surface area contributed by atoms with Crippen LogP contribution in [0.1, 0.15) is 27.5 Å². The Labute approximate surface area is 180 Å². The minimum Gasteiger partial charge on any atom is -0.496 e. The third-order valence-corrected chi connectivity index (χ3v) is 5.06. The second kappa shape index (κ2) is 9.13. The van der Waals surface area contributed by atoms with Crippen LogP contribution in [0.15, 0.2) is 108 Å². The summed E-state index contributed by atoms with van der Waals surface area (Å²) in [5, 5.41) is 3.10. The van der Waals surface area contributed by atoms with E-state index in [-0.39, 0.29) is 28.8 Å². The largest absolute Gasteiger partial charge is 0.496 e. The molecular formula is C26H22N2O3. The lowest BCUT2D eigenvalue weighted by Gasteiger charge is -2.21. The van der Waals surface area contributed by atoms with Crippen LogP contribution in [0, 0.1) is 0 Å². The van der Waals surface area contributed by atoms with Crippen molar-refractivity contribution < 1.29 is 9.53 Å². The van der Waals surface area contributed by atoms with Crippen LogP contribution in [-0.2, 0) is 0 Å². The van der Waals surface area contributed by atoms with Gasteiger partial charge >= 0.3 is 0 Å². The first-order valence-corrected chi connectivity index (χ1v) is 9.94. The van der Waals surface area contributed by atoms with Crippen LogP contribution in [-0.4, -0.2) is 17.6 Å². The number of aromatic nitrogens is 1. The van der Waals surface area contributed by atoms with Gasteiger partial charge in [-0.15, -0.1) is 0 Å². The van der Waals surface area contributed by atoms with E-state index in [1.807, 2.05) is 91.0 Å². The van der Waals surface area contributed by atoms with Gasteiger partial charge in [0, 0.05) is 18.0 Å². The molecule has 5 nitrogen and oxygen atoms in total. The summed E-state index contributed by atoms with van der Waals surface area (Å²) in [5.41, 5.74) is 2.59. The van der Waals surface area contributed by atoms with Crippen LogP contribution in [0.4, 0.5) is 0 Å². The van der Waals surface area contributed by atoms with E-state index < -0.39 is 0 Å². The molecule has 5 heteroatoms. The summed E-state index contributed by atoms with van der Waals surface area (Å²) in [4.78, 5) is 26.0. The van der Waals surface area contributed by atoms with Crippen molar-refractivity contribution >= 4 is 5.91 Å². The number of benzene rings is 3. The molecule has 0 aliphatic rings. The molecule has 0 fully saturated rings. The minimum atomic E-state index is -0.350. The fraction of sp³-hybridized carbons (Fsp3) is 0.0769. The summed E-state index contributed by atoms with van der Waals surface area (Å²) in [7, 11) is 1.45. The third kappa shape index (κ3) is 4.41. The highest BCUT2D eigenvalue weighted by Crippen LogP contribution is 2.24. The highest BCUT2D eigenvalue weighted by molar-refractivity contribution is 5.97. The standard InChI is InChI=1S/C26H22N2O3/c1-31-23-17-24(29)28(21-15-9-4-10-16-21)18-22(23)26(30)27-25(19-11-5-2-6-12-19)20-13-7-3-8-14-20/h2-18,25H,1H3,(H,27,30). The number of nitrogens with zero attached hydrogens (tertiary/aromatic N) is 1. The molecule has 0 spiro atoms. The summed E-state index contributed by atoms with van der Waals surface area (Å²) in [6, 6.07) is 29.7. The molecule has 1 aromatic heterocycles. The van der Waals surface area contributed by atoms with E-state index in [4.69, 9.17) is 4.74 Å².